The quantitative estimate of drug-likeness (QED) is 0.848. The molecule has 1 aromatic carbocycles. The Morgan fingerprint density at radius 2 is 2.00 bits per heavy atom. The smallest absolute Gasteiger partial charge is 0.241 e. The molecule has 0 fully saturated rings. The van der Waals surface area contributed by atoms with Crippen LogP contribution in [-0.2, 0) is 33.2 Å². The lowest BCUT2D eigenvalue weighted by Gasteiger charge is -2.27. The van der Waals surface area contributed by atoms with Crippen molar-refractivity contribution in [2.75, 3.05) is 13.1 Å². The molecular formula is C20H26N2O3S2. The Labute approximate surface area is 165 Å². The van der Waals surface area contributed by atoms with Crippen molar-refractivity contribution >= 4 is 27.3 Å². The van der Waals surface area contributed by atoms with Crippen LogP contribution in [0.2, 0.25) is 0 Å². The molecule has 7 heteroatoms. The summed E-state index contributed by atoms with van der Waals surface area (Å²) in [7, 11) is -3.75. The van der Waals surface area contributed by atoms with E-state index in [-0.39, 0.29) is 22.8 Å². The summed E-state index contributed by atoms with van der Waals surface area (Å²) < 4.78 is 28.1. The average molecular weight is 407 g/mol. The third-order valence-corrected chi connectivity index (χ3v) is 7.48. The molecule has 0 bridgehead atoms. The molecule has 3 rings (SSSR count). The number of sulfonamides is 1. The monoisotopic (exact) mass is 406 g/mol. The normalized spacial score (nSPS) is 14.9. The first-order chi connectivity index (χ1) is 12.6. The molecule has 0 radical (unpaired) electrons. The van der Waals surface area contributed by atoms with Gasteiger partial charge >= 0.3 is 0 Å². The standard InChI is InChI=1S/C20H26N2O3S2/c1-14-5-6-16(20(2,3)4)11-18(14)27(24,25)21-12-19(23)22-9-7-17-15(13-22)8-10-26-17/h5-6,8,10-11,21H,7,9,12-13H2,1-4H3. The summed E-state index contributed by atoms with van der Waals surface area (Å²) in [5.41, 5.74) is 2.63. The van der Waals surface area contributed by atoms with E-state index >= 15 is 0 Å². The van der Waals surface area contributed by atoms with Crippen molar-refractivity contribution in [1.29, 1.82) is 0 Å². The summed E-state index contributed by atoms with van der Waals surface area (Å²) in [6.07, 6.45) is 0.832. The van der Waals surface area contributed by atoms with E-state index in [1.165, 1.54) is 4.88 Å². The number of rotatable bonds is 4. The van der Waals surface area contributed by atoms with Crippen molar-refractivity contribution in [2.24, 2.45) is 0 Å². The Morgan fingerprint density at radius 1 is 1.26 bits per heavy atom. The Morgan fingerprint density at radius 3 is 2.70 bits per heavy atom. The number of aryl methyl sites for hydroxylation is 1. The van der Waals surface area contributed by atoms with Gasteiger partial charge in [0.1, 0.15) is 0 Å². The predicted molar refractivity (Wildman–Crippen MR) is 109 cm³/mol. The second-order valence-corrected chi connectivity index (χ2v) is 10.7. The van der Waals surface area contributed by atoms with E-state index in [1.54, 1.807) is 29.2 Å². The zero-order valence-electron chi connectivity index (χ0n) is 16.2. The van der Waals surface area contributed by atoms with Crippen LogP contribution in [-0.4, -0.2) is 32.3 Å². The van der Waals surface area contributed by atoms with Crippen molar-refractivity contribution in [3.63, 3.8) is 0 Å². The largest absolute Gasteiger partial charge is 0.337 e. The first kappa shape index (κ1) is 20.0. The number of carbonyl (C=O) groups excluding carboxylic acids is 1. The van der Waals surface area contributed by atoms with Gasteiger partial charge in [0, 0.05) is 18.0 Å². The van der Waals surface area contributed by atoms with Gasteiger partial charge in [0.25, 0.3) is 0 Å². The molecule has 0 saturated heterocycles. The number of benzene rings is 1. The highest BCUT2D eigenvalue weighted by atomic mass is 32.2. The summed E-state index contributed by atoms with van der Waals surface area (Å²) in [6, 6.07) is 7.51. The van der Waals surface area contributed by atoms with Crippen molar-refractivity contribution in [1.82, 2.24) is 9.62 Å². The number of hydrogen-bond acceptors (Lipinski definition) is 4. The number of nitrogens with zero attached hydrogens (tertiary/aromatic N) is 1. The van der Waals surface area contributed by atoms with Gasteiger partial charge in [-0.15, -0.1) is 11.3 Å². The van der Waals surface area contributed by atoms with Crippen LogP contribution in [0.25, 0.3) is 0 Å². The zero-order chi connectivity index (χ0) is 19.8. The van der Waals surface area contributed by atoms with Crippen molar-refractivity contribution in [3.05, 3.63) is 51.2 Å². The lowest BCUT2D eigenvalue weighted by molar-refractivity contribution is -0.130. The molecule has 1 aromatic heterocycles. The zero-order valence-corrected chi connectivity index (χ0v) is 17.8. The summed E-state index contributed by atoms with van der Waals surface area (Å²) in [4.78, 5) is 15.8. The molecule has 0 saturated carbocycles. The molecule has 1 aliphatic heterocycles. The molecule has 2 aromatic rings. The number of thiophene rings is 1. The number of nitrogens with one attached hydrogen (secondary N) is 1. The fraction of sp³-hybridized carbons (Fsp3) is 0.450. The van der Waals surface area contributed by atoms with Crippen molar-refractivity contribution in [2.45, 2.75) is 51.0 Å². The Kier molecular flexibility index (Phi) is 5.47. The van der Waals surface area contributed by atoms with Gasteiger partial charge in [-0.1, -0.05) is 32.9 Å². The third-order valence-electron chi connectivity index (χ3n) is 4.92. The molecule has 0 spiro atoms. The Bertz CT molecular complexity index is 956. The van der Waals surface area contributed by atoms with E-state index in [1.807, 2.05) is 44.4 Å². The van der Waals surface area contributed by atoms with Gasteiger partial charge in [-0.3, -0.25) is 4.79 Å². The molecule has 146 valence electrons. The van der Waals surface area contributed by atoms with Gasteiger partial charge in [-0.25, -0.2) is 13.1 Å². The molecule has 2 heterocycles. The summed E-state index contributed by atoms with van der Waals surface area (Å²) in [5.74, 6) is -0.194. The number of carbonyl (C=O) groups is 1. The van der Waals surface area contributed by atoms with E-state index in [0.29, 0.717) is 18.7 Å². The van der Waals surface area contributed by atoms with Crippen LogP contribution in [0.3, 0.4) is 0 Å². The second-order valence-electron chi connectivity index (χ2n) is 7.99. The third kappa shape index (κ3) is 4.42. The van der Waals surface area contributed by atoms with Crippen molar-refractivity contribution < 1.29 is 13.2 Å². The average Bonchev–Trinajstić information content (AvgIpc) is 3.06. The number of fused-ring (bicyclic) bond motifs is 1. The van der Waals surface area contributed by atoms with E-state index in [0.717, 1.165) is 17.5 Å². The van der Waals surface area contributed by atoms with Crippen LogP contribution in [0.5, 0.6) is 0 Å². The molecule has 0 atom stereocenters. The van der Waals surface area contributed by atoms with Crippen LogP contribution in [0.1, 0.15) is 42.3 Å². The minimum Gasteiger partial charge on any atom is -0.337 e. The predicted octanol–water partition coefficient (Wildman–Crippen LogP) is 3.22. The molecule has 1 aliphatic rings. The van der Waals surface area contributed by atoms with Crippen LogP contribution in [0, 0.1) is 6.92 Å². The highest BCUT2D eigenvalue weighted by Gasteiger charge is 2.25. The molecule has 1 N–H and O–H groups in total. The van der Waals surface area contributed by atoms with Crippen LogP contribution in [0.4, 0.5) is 0 Å². The molecule has 5 nitrogen and oxygen atoms in total. The van der Waals surface area contributed by atoms with Gasteiger partial charge in [-0.05, 0) is 53.0 Å². The maximum atomic E-state index is 12.8. The van der Waals surface area contributed by atoms with Gasteiger partial charge < -0.3 is 4.90 Å². The SMILES string of the molecule is Cc1ccc(C(C)(C)C)cc1S(=O)(=O)NCC(=O)N1CCc2sccc2C1. The highest BCUT2D eigenvalue weighted by molar-refractivity contribution is 7.89. The number of amides is 1. The van der Waals surface area contributed by atoms with E-state index in [9.17, 15) is 13.2 Å². The molecule has 1 amide bonds. The fourth-order valence-corrected chi connectivity index (χ4v) is 5.30. The summed E-state index contributed by atoms with van der Waals surface area (Å²) in [6.45, 7) is 8.86. The minimum absolute atomic E-state index is 0.153. The van der Waals surface area contributed by atoms with Crippen LogP contribution in [0.15, 0.2) is 34.5 Å². The van der Waals surface area contributed by atoms with Gasteiger partial charge in [-0.2, -0.15) is 0 Å². The lowest BCUT2D eigenvalue weighted by Crippen LogP contribution is -2.42. The Balaban J connectivity index is 1.71. The summed E-state index contributed by atoms with van der Waals surface area (Å²) >= 11 is 1.71. The molecule has 0 unspecified atom stereocenters. The topological polar surface area (TPSA) is 66.5 Å². The van der Waals surface area contributed by atoms with Crippen LogP contribution < -0.4 is 4.72 Å². The molecular weight excluding hydrogens is 380 g/mol. The first-order valence-corrected chi connectivity index (χ1v) is 11.4. The maximum Gasteiger partial charge on any atom is 0.241 e. The van der Waals surface area contributed by atoms with E-state index in [4.69, 9.17) is 0 Å². The van der Waals surface area contributed by atoms with Gasteiger partial charge in [0.15, 0.2) is 0 Å². The van der Waals surface area contributed by atoms with Gasteiger partial charge in [0.2, 0.25) is 15.9 Å². The van der Waals surface area contributed by atoms with Crippen LogP contribution >= 0.6 is 11.3 Å². The highest BCUT2D eigenvalue weighted by Crippen LogP contribution is 2.27. The molecule has 0 aliphatic carbocycles. The second kappa shape index (κ2) is 7.37. The first-order valence-electron chi connectivity index (χ1n) is 9.02. The van der Waals surface area contributed by atoms with Crippen molar-refractivity contribution in [3.8, 4) is 0 Å². The fourth-order valence-electron chi connectivity index (χ4n) is 3.16. The number of hydrogen-bond donors (Lipinski definition) is 1. The van der Waals surface area contributed by atoms with Gasteiger partial charge in [0.05, 0.1) is 11.4 Å². The van der Waals surface area contributed by atoms with E-state index in [2.05, 4.69) is 4.72 Å². The Hall–Kier alpha value is -1.70. The molecule has 27 heavy (non-hydrogen) atoms. The summed E-state index contributed by atoms with van der Waals surface area (Å²) in [5, 5.41) is 2.03. The maximum absolute atomic E-state index is 12.8. The lowest BCUT2D eigenvalue weighted by atomic mass is 9.87. The van der Waals surface area contributed by atoms with E-state index < -0.39 is 10.0 Å². The minimum atomic E-state index is -3.75.